The molecule has 2 heterocycles. The number of nitrogens with zero attached hydrogens (tertiary/aromatic N) is 1. The third kappa shape index (κ3) is 2.92. The van der Waals surface area contributed by atoms with Gasteiger partial charge in [0.05, 0.1) is 0 Å². The first-order chi connectivity index (χ1) is 11.0. The standard InChI is InChI=1S/C18H18N2O2S/c1-11(2)9-20-10-15(16-4-3-7-23-16)14-8-12(17(19)21)5-6-13(14)18(20)22/h3-8,10-11H,9H2,1-2H3,(H2,19,21). The van der Waals surface area contributed by atoms with Crippen LogP contribution >= 0.6 is 11.3 Å². The molecule has 0 spiro atoms. The Morgan fingerprint density at radius 2 is 2.04 bits per heavy atom. The van der Waals surface area contributed by atoms with E-state index >= 15 is 0 Å². The van der Waals surface area contributed by atoms with Gasteiger partial charge in [-0.1, -0.05) is 19.9 Å². The van der Waals surface area contributed by atoms with Crippen molar-refractivity contribution >= 4 is 28.0 Å². The number of hydrogen-bond acceptors (Lipinski definition) is 3. The zero-order valence-electron chi connectivity index (χ0n) is 13.1. The average Bonchev–Trinajstić information content (AvgIpc) is 3.03. The summed E-state index contributed by atoms with van der Waals surface area (Å²) in [6.07, 6.45) is 1.89. The molecular formula is C18H18N2O2S. The first-order valence-electron chi connectivity index (χ1n) is 7.48. The number of rotatable bonds is 4. The number of aromatic nitrogens is 1. The molecule has 23 heavy (non-hydrogen) atoms. The smallest absolute Gasteiger partial charge is 0.258 e. The number of thiophene rings is 1. The Kier molecular flexibility index (Phi) is 4.05. The first kappa shape index (κ1) is 15.5. The minimum atomic E-state index is -0.490. The van der Waals surface area contributed by atoms with Crippen molar-refractivity contribution in [1.29, 1.82) is 0 Å². The van der Waals surface area contributed by atoms with Crippen LogP contribution in [0.2, 0.25) is 0 Å². The molecule has 0 radical (unpaired) electrons. The summed E-state index contributed by atoms with van der Waals surface area (Å²) in [6, 6.07) is 9.02. The highest BCUT2D eigenvalue weighted by atomic mass is 32.1. The van der Waals surface area contributed by atoms with Crippen LogP contribution in [0.5, 0.6) is 0 Å². The number of primary amides is 1. The van der Waals surface area contributed by atoms with Crippen LogP contribution in [0.1, 0.15) is 24.2 Å². The fraction of sp³-hybridized carbons (Fsp3) is 0.222. The predicted molar refractivity (Wildman–Crippen MR) is 94.9 cm³/mol. The minimum Gasteiger partial charge on any atom is -0.366 e. The zero-order chi connectivity index (χ0) is 16.6. The summed E-state index contributed by atoms with van der Waals surface area (Å²) in [4.78, 5) is 25.3. The molecule has 3 aromatic rings. The Hall–Kier alpha value is -2.40. The SMILES string of the molecule is CC(C)Cn1cc(-c2cccs2)c2cc(C(N)=O)ccc2c1=O. The van der Waals surface area contributed by atoms with Crippen LogP contribution in [0.25, 0.3) is 21.2 Å². The van der Waals surface area contributed by atoms with Gasteiger partial charge in [-0.15, -0.1) is 11.3 Å². The molecule has 2 N–H and O–H groups in total. The summed E-state index contributed by atoms with van der Waals surface area (Å²) in [5.41, 5.74) is 6.72. The second-order valence-corrected chi connectivity index (χ2v) is 6.94. The second-order valence-electron chi connectivity index (χ2n) is 6.00. The number of hydrogen-bond donors (Lipinski definition) is 1. The summed E-state index contributed by atoms with van der Waals surface area (Å²) >= 11 is 1.61. The molecule has 1 amide bonds. The molecule has 5 heteroatoms. The van der Waals surface area contributed by atoms with E-state index in [9.17, 15) is 9.59 Å². The van der Waals surface area contributed by atoms with Gasteiger partial charge >= 0.3 is 0 Å². The topological polar surface area (TPSA) is 65.1 Å². The third-order valence-corrected chi connectivity index (χ3v) is 4.62. The van der Waals surface area contributed by atoms with Crippen molar-refractivity contribution < 1.29 is 4.79 Å². The largest absolute Gasteiger partial charge is 0.366 e. The highest BCUT2D eigenvalue weighted by Crippen LogP contribution is 2.31. The molecule has 4 nitrogen and oxygen atoms in total. The van der Waals surface area contributed by atoms with Crippen LogP contribution in [-0.4, -0.2) is 10.5 Å². The van der Waals surface area contributed by atoms with Gasteiger partial charge in [-0.25, -0.2) is 0 Å². The highest BCUT2D eigenvalue weighted by molar-refractivity contribution is 7.13. The molecule has 0 unspecified atom stereocenters. The van der Waals surface area contributed by atoms with Gasteiger partial charge in [-0.05, 0) is 40.9 Å². The fourth-order valence-electron chi connectivity index (χ4n) is 2.70. The van der Waals surface area contributed by atoms with Crippen LogP contribution in [-0.2, 0) is 6.54 Å². The normalized spacial score (nSPS) is 11.3. The number of benzene rings is 1. The van der Waals surface area contributed by atoms with E-state index in [1.165, 1.54) is 0 Å². The van der Waals surface area contributed by atoms with Gasteiger partial charge in [0.25, 0.3) is 5.56 Å². The van der Waals surface area contributed by atoms with Crippen LogP contribution in [0.15, 0.2) is 46.7 Å². The van der Waals surface area contributed by atoms with E-state index in [0.29, 0.717) is 23.4 Å². The molecule has 0 bridgehead atoms. The third-order valence-electron chi connectivity index (χ3n) is 3.72. The molecule has 0 atom stereocenters. The maximum absolute atomic E-state index is 12.7. The molecule has 3 rings (SSSR count). The van der Waals surface area contributed by atoms with Crippen molar-refractivity contribution in [2.24, 2.45) is 11.7 Å². The van der Waals surface area contributed by atoms with Crippen molar-refractivity contribution in [2.75, 3.05) is 0 Å². The summed E-state index contributed by atoms with van der Waals surface area (Å²) in [5.74, 6) is -0.124. The quantitative estimate of drug-likeness (QED) is 0.797. The number of carbonyl (C=O) groups is 1. The summed E-state index contributed by atoms with van der Waals surface area (Å²) in [7, 11) is 0. The number of carbonyl (C=O) groups excluding carboxylic acids is 1. The first-order valence-corrected chi connectivity index (χ1v) is 8.36. The van der Waals surface area contributed by atoms with E-state index in [0.717, 1.165) is 15.8 Å². The van der Waals surface area contributed by atoms with Crippen molar-refractivity contribution in [3.63, 3.8) is 0 Å². The number of fused-ring (bicyclic) bond motifs is 1. The molecule has 0 fully saturated rings. The molecule has 0 saturated heterocycles. The summed E-state index contributed by atoms with van der Waals surface area (Å²) in [6.45, 7) is 4.82. The van der Waals surface area contributed by atoms with E-state index in [2.05, 4.69) is 13.8 Å². The molecule has 0 aliphatic carbocycles. The van der Waals surface area contributed by atoms with Crippen molar-refractivity contribution in [3.05, 3.63) is 57.8 Å². The van der Waals surface area contributed by atoms with E-state index in [4.69, 9.17) is 5.73 Å². The van der Waals surface area contributed by atoms with Crippen LogP contribution < -0.4 is 11.3 Å². The lowest BCUT2D eigenvalue weighted by molar-refractivity contribution is 0.100. The lowest BCUT2D eigenvalue weighted by Crippen LogP contribution is -2.23. The minimum absolute atomic E-state index is 0.0370. The molecular weight excluding hydrogens is 308 g/mol. The molecule has 1 aromatic carbocycles. The number of amides is 1. The van der Waals surface area contributed by atoms with Gasteiger partial charge in [-0.2, -0.15) is 0 Å². The zero-order valence-corrected chi connectivity index (χ0v) is 13.9. The lowest BCUT2D eigenvalue weighted by atomic mass is 10.0. The van der Waals surface area contributed by atoms with Gasteiger partial charge in [0.2, 0.25) is 5.91 Å². The van der Waals surface area contributed by atoms with Crippen molar-refractivity contribution in [2.45, 2.75) is 20.4 Å². The van der Waals surface area contributed by atoms with E-state index < -0.39 is 5.91 Å². The van der Waals surface area contributed by atoms with Crippen molar-refractivity contribution in [3.8, 4) is 10.4 Å². The number of nitrogens with two attached hydrogens (primary N) is 1. The predicted octanol–water partition coefficient (Wildman–Crippen LogP) is 3.48. The average molecular weight is 326 g/mol. The Bertz CT molecular complexity index is 924. The van der Waals surface area contributed by atoms with Crippen LogP contribution in [0.4, 0.5) is 0 Å². The Morgan fingerprint density at radius 1 is 1.26 bits per heavy atom. The maximum atomic E-state index is 12.7. The van der Waals surface area contributed by atoms with Crippen LogP contribution in [0, 0.1) is 5.92 Å². The van der Waals surface area contributed by atoms with Gasteiger partial charge < -0.3 is 10.3 Å². The van der Waals surface area contributed by atoms with E-state index in [1.807, 2.05) is 23.7 Å². The molecule has 118 valence electrons. The molecule has 0 aliphatic heterocycles. The van der Waals surface area contributed by atoms with Crippen molar-refractivity contribution in [1.82, 2.24) is 4.57 Å². The van der Waals surface area contributed by atoms with E-state index in [-0.39, 0.29) is 5.56 Å². The van der Waals surface area contributed by atoms with Crippen LogP contribution in [0.3, 0.4) is 0 Å². The van der Waals surface area contributed by atoms with Gasteiger partial charge in [0, 0.05) is 34.1 Å². The maximum Gasteiger partial charge on any atom is 0.258 e. The lowest BCUT2D eigenvalue weighted by Gasteiger charge is -2.14. The Labute approximate surface area is 138 Å². The number of pyridine rings is 1. The monoisotopic (exact) mass is 326 g/mol. The molecule has 0 aliphatic rings. The van der Waals surface area contributed by atoms with Gasteiger partial charge in [0.1, 0.15) is 0 Å². The summed E-state index contributed by atoms with van der Waals surface area (Å²) < 4.78 is 1.76. The Balaban J connectivity index is 2.36. The molecule has 0 saturated carbocycles. The van der Waals surface area contributed by atoms with E-state index in [1.54, 1.807) is 34.1 Å². The Morgan fingerprint density at radius 3 is 2.65 bits per heavy atom. The fourth-order valence-corrected chi connectivity index (χ4v) is 3.45. The highest BCUT2D eigenvalue weighted by Gasteiger charge is 2.14. The van der Waals surface area contributed by atoms with Gasteiger partial charge in [0.15, 0.2) is 0 Å². The summed E-state index contributed by atoms with van der Waals surface area (Å²) in [5, 5.41) is 3.38. The van der Waals surface area contributed by atoms with Gasteiger partial charge in [-0.3, -0.25) is 9.59 Å². The molecule has 2 aromatic heterocycles. The second kappa shape index (κ2) is 6.01.